The molecule has 1 fully saturated rings. The van der Waals surface area contributed by atoms with E-state index in [0.717, 1.165) is 43.2 Å². The minimum Gasteiger partial charge on any atom is -0.353 e. The van der Waals surface area contributed by atoms with E-state index < -0.39 is 0 Å². The summed E-state index contributed by atoms with van der Waals surface area (Å²) in [6, 6.07) is 0.285. The molecule has 0 atom stereocenters. The Hall–Kier alpha value is -2.18. The summed E-state index contributed by atoms with van der Waals surface area (Å²) >= 11 is 0. The third-order valence-corrected chi connectivity index (χ3v) is 4.75. The maximum atomic E-state index is 12.5. The van der Waals surface area contributed by atoms with Gasteiger partial charge in [0.05, 0.1) is 0 Å². The quantitative estimate of drug-likeness (QED) is 0.841. The van der Waals surface area contributed by atoms with Gasteiger partial charge in [0.1, 0.15) is 5.82 Å². The molecular formula is C17H26N6O. The Kier molecular flexibility index (Phi) is 4.19. The van der Waals surface area contributed by atoms with Gasteiger partial charge in [-0.2, -0.15) is 0 Å². The van der Waals surface area contributed by atoms with Crippen LogP contribution in [0.2, 0.25) is 0 Å². The highest BCUT2D eigenvalue weighted by Crippen LogP contribution is 2.26. The maximum Gasteiger partial charge on any atom is 0.227 e. The summed E-state index contributed by atoms with van der Waals surface area (Å²) in [5, 5.41) is 8.39. The number of amides is 1. The number of aromatic nitrogens is 4. The van der Waals surface area contributed by atoms with Gasteiger partial charge in [0.2, 0.25) is 11.6 Å². The van der Waals surface area contributed by atoms with Crippen LogP contribution in [-0.4, -0.2) is 56.6 Å². The van der Waals surface area contributed by atoms with Crippen LogP contribution in [0.5, 0.6) is 0 Å². The molecule has 1 amide bonds. The largest absolute Gasteiger partial charge is 0.353 e. The van der Waals surface area contributed by atoms with E-state index in [9.17, 15) is 4.79 Å². The molecule has 0 spiro atoms. The van der Waals surface area contributed by atoms with Gasteiger partial charge >= 0.3 is 0 Å². The van der Waals surface area contributed by atoms with E-state index in [1.807, 2.05) is 50.2 Å². The highest BCUT2D eigenvalue weighted by Gasteiger charge is 2.32. The highest BCUT2D eigenvalue weighted by molar-refractivity contribution is 5.81. The van der Waals surface area contributed by atoms with Gasteiger partial charge in [-0.05, 0) is 19.8 Å². The molecule has 0 unspecified atom stereocenters. The molecule has 0 bridgehead atoms. The minimum absolute atomic E-state index is 0.203. The van der Waals surface area contributed by atoms with Crippen LogP contribution < -0.4 is 4.90 Å². The number of carbonyl (C=O) groups excluding carboxylic acids is 1. The standard InChI is InChI=1S/C17H26N6O/c1-12-19-20-15-14(18-8-11-23(12)15)22-9-6-13(7-10-22)21(5)16(24)17(2,3)4/h8,11,13H,6-7,9-10H2,1-5H3. The van der Waals surface area contributed by atoms with Gasteiger partial charge in [0.25, 0.3) is 0 Å². The van der Waals surface area contributed by atoms with E-state index >= 15 is 0 Å². The smallest absolute Gasteiger partial charge is 0.227 e. The van der Waals surface area contributed by atoms with Crippen molar-refractivity contribution in [2.24, 2.45) is 5.41 Å². The molecule has 7 heteroatoms. The molecule has 0 aromatic carbocycles. The number of hydrogen-bond acceptors (Lipinski definition) is 5. The van der Waals surface area contributed by atoms with Crippen LogP contribution in [0.25, 0.3) is 5.65 Å². The van der Waals surface area contributed by atoms with Crippen LogP contribution in [0, 0.1) is 12.3 Å². The number of aryl methyl sites for hydroxylation is 1. The lowest BCUT2D eigenvalue weighted by Crippen LogP contribution is -2.48. The third-order valence-electron chi connectivity index (χ3n) is 4.75. The second-order valence-corrected chi connectivity index (χ2v) is 7.58. The summed E-state index contributed by atoms with van der Waals surface area (Å²) < 4.78 is 1.96. The predicted molar refractivity (Wildman–Crippen MR) is 93.0 cm³/mol. The molecule has 0 N–H and O–H groups in total. The van der Waals surface area contributed by atoms with Crippen LogP contribution in [0.4, 0.5) is 5.82 Å². The zero-order chi connectivity index (χ0) is 17.5. The molecule has 0 saturated carbocycles. The molecule has 3 rings (SSSR count). The van der Waals surface area contributed by atoms with Crippen molar-refractivity contribution < 1.29 is 4.79 Å². The number of carbonyl (C=O) groups is 1. The zero-order valence-corrected chi connectivity index (χ0v) is 15.2. The van der Waals surface area contributed by atoms with Crippen molar-refractivity contribution in [2.45, 2.75) is 46.6 Å². The van der Waals surface area contributed by atoms with E-state index in [2.05, 4.69) is 20.1 Å². The first-order valence-corrected chi connectivity index (χ1v) is 8.47. The molecule has 7 nitrogen and oxygen atoms in total. The Morgan fingerprint density at radius 3 is 2.54 bits per heavy atom. The van der Waals surface area contributed by atoms with Crippen molar-refractivity contribution in [3.63, 3.8) is 0 Å². The Balaban J connectivity index is 1.72. The van der Waals surface area contributed by atoms with Crippen LogP contribution >= 0.6 is 0 Å². The van der Waals surface area contributed by atoms with Gasteiger partial charge in [-0.25, -0.2) is 4.98 Å². The maximum absolute atomic E-state index is 12.5. The van der Waals surface area contributed by atoms with Crippen molar-refractivity contribution in [3.05, 3.63) is 18.2 Å². The van der Waals surface area contributed by atoms with E-state index in [0.29, 0.717) is 0 Å². The first kappa shape index (κ1) is 16.7. The van der Waals surface area contributed by atoms with E-state index in [4.69, 9.17) is 0 Å². The van der Waals surface area contributed by atoms with Gasteiger partial charge in [-0.3, -0.25) is 9.20 Å². The second-order valence-electron chi connectivity index (χ2n) is 7.58. The molecule has 2 aromatic rings. The number of anilines is 1. The predicted octanol–water partition coefficient (Wildman–Crippen LogP) is 1.91. The highest BCUT2D eigenvalue weighted by atomic mass is 16.2. The summed E-state index contributed by atoms with van der Waals surface area (Å²) in [5.41, 5.74) is 0.463. The summed E-state index contributed by atoms with van der Waals surface area (Å²) in [6.45, 7) is 9.58. The van der Waals surface area contributed by atoms with Crippen LogP contribution in [-0.2, 0) is 4.79 Å². The minimum atomic E-state index is -0.335. The summed E-state index contributed by atoms with van der Waals surface area (Å²) in [4.78, 5) is 21.2. The topological polar surface area (TPSA) is 66.6 Å². The number of piperidine rings is 1. The van der Waals surface area contributed by atoms with Gasteiger partial charge < -0.3 is 9.80 Å². The van der Waals surface area contributed by atoms with Crippen molar-refractivity contribution >= 4 is 17.4 Å². The van der Waals surface area contributed by atoms with E-state index in [-0.39, 0.29) is 17.4 Å². The van der Waals surface area contributed by atoms with Crippen LogP contribution in [0.15, 0.2) is 12.4 Å². The summed E-state index contributed by atoms with van der Waals surface area (Å²) in [7, 11) is 1.93. The molecule has 1 aliphatic heterocycles. The van der Waals surface area contributed by atoms with Gasteiger partial charge in [0, 0.05) is 44.0 Å². The second kappa shape index (κ2) is 6.03. The van der Waals surface area contributed by atoms with E-state index in [1.54, 1.807) is 6.20 Å². The summed E-state index contributed by atoms with van der Waals surface area (Å²) in [5.74, 6) is 1.94. The summed E-state index contributed by atoms with van der Waals surface area (Å²) in [6.07, 6.45) is 5.55. The SMILES string of the molecule is Cc1nnc2c(N3CCC(N(C)C(=O)C(C)(C)C)CC3)nccn12. The molecule has 3 heterocycles. The normalized spacial score (nSPS) is 16.6. The lowest BCUT2D eigenvalue weighted by Gasteiger charge is -2.39. The van der Waals surface area contributed by atoms with Gasteiger partial charge in [0.15, 0.2) is 5.82 Å². The zero-order valence-electron chi connectivity index (χ0n) is 15.2. The first-order valence-electron chi connectivity index (χ1n) is 8.47. The average molecular weight is 330 g/mol. The molecule has 0 aliphatic carbocycles. The Morgan fingerprint density at radius 1 is 1.25 bits per heavy atom. The van der Waals surface area contributed by atoms with Crippen molar-refractivity contribution in [3.8, 4) is 0 Å². The number of nitrogens with zero attached hydrogens (tertiary/aromatic N) is 6. The Bertz CT molecular complexity index is 739. The Labute approximate surface area is 142 Å². The number of fused-ring (bicyclic) bond motifs is 1. The fourth-order valence-corrected chi connectivity index (χ4v) is 3.31. The fourth-order valence-electron chi connectivity index (χ4n) is 3.31. The molecule has 130 valence electrons. The third kappa shape index (κ3) is 2.95. The molecule has 0 radical (unpaired) electrons. The van der Waals surface area contributed by atoms with Crippen LogP contribution in [0.3, 0.4) is 0 Å². The number of rotatable bonds is 2. The monoisotopic (exact) mass is 330 g/mol. The molecule has 2 aromatic heterocycles. The molecule has 24 heavy (non-hydrogen) atoms. The molecule has 1 saturated heterocycles. The number of hydrogen-bond donors (Lipinski definition) is 0. The molecule has 1 aliphatic rings. The molecular weight excluding hydrogens is 304 g/mol. The lowest BCUT2D eigenvalue weighted by molar-refractivity contribution is -0.140. The van der Waals surface area contributed by atoms with E-state index in [1.165, 1.54) is 0 Å². The van der Waals surface area contributed by atoms with Crippen LogP contribution in [0.1, 0.15) is 39.4 Å². The lowest BCUT2D eigenvalue weighted by atomic mass is 9.92. The van der Waals surface area contributed by atoms with Crippen molar-refractivity contribution in [2.75, 3.05) is 25.0 Å². The van der Waals surface area contributed by atoms with Crippen molar-refractivity contribution in [1.29, 1.82) is 0 Å². The van der Waals surface area contributed by atoms with Crippen molar-refractivity contribution in [1.82, 2.24) is 24.5 Å². The van der Waals surface area contributed by atoms with Gasteiger partial charge in [-0.15, -0.1) is 10.2 Å². The fraction of sp³-hybridized carbons (Fsp3) is 0.647. The first-order chi connectivity index (χ1) is 11.3. The average Bonchev–Trinajstić information content (AvgIpc) is 2.94. The Morgan fingerprint density at radius 2 is 1.92 bits per heavy atom. The van der Waals surface area contributed by atoms with Gasteiger partial charge in [-0.1, -0.05) is 20.8 Å².